The summed E-state index contributed by atoms with van der Waals surface area (Å²) in [6, 6.07) is 10.5. The van der Waals surface area contributed by atoms with E-state index in [0.29, 0.717) is 5.78 Å². The third kappa shape index (κ3) is 5.64. The Hall–Kier alpha value is -0.380. The van der Waals surface area contributed by atoms with E-state index < -0.39 is 0 Å². The van der Waals surface area contributed by atoms with Gasteiger partial charge >= 0.3 is 0 Å². The second kappa shape index (κ2) is 7.82. The Bertz CT molecular complexity index is 306. The molecule has 0 radical (unpaired) electrons. The maximum Gasteiger partial charge on any atom is 0.145 e. The molecule has 1 unspecified atom stereocenters. The van der Waals surface area contributed by atoms with Gasteiger partial charge in [-0.05, 0) is 31.7 Å². The Labute approximate surface area is 112 Å². The van der Waals surface area contributed by atoms with Gasteiger partial charge in [-0.2, -0.15) is 0 Å². The van der Waals surface area contributed by atoms with E-state index in [1.165, 1.54) is 12.0 Å². The molecule has 0 aliphatic carbocycles. The topological polar surface area (TPSA) is 17.1 Å². The lowest BCUT2D eigenvalue weighted by Crippen LogP contribution is -2.08. The predicted molar refractivity (Wildman–Crippen MR) is 77.1 cm³/mol. The van der Waals surface area contributed by atoms with Crippen molar-refractivity contribution in [2.45, 2.75) is 43.0 Å². The normalized spacial score (nSPS) is 12.4. The second-order valence-corrected chi connectivity index (χ2v) is 6.00. The van der Waals surface area contributed by atoms with Crippen LogP contribution in [0.1, 0.15) is 38.2 Å². The first-order valence-electron chi connectivity index (χ1n) is 5.91. The largest absolute Gasteiger partial charge is 0.299 e. The smallest absolute Gasteiger partial charge is 0.145 e. The van der Waals surface area contributed by atoms with Crippen LogP contribution in [0.4, 0.5) is 0 Å². The molecule has 88 valence electrons. The first-order chi connectivity index (χ1) is 7.70. The van der Waals surface area contributed by atoms with Crippen molar-refractivity contribution in [3.05, 3.63) is 35.9 Å². The molecule has 0 spiro atoms. The van der Waals surface area contributed by atoms with E-state index in [0.717, 1.165) is 25.7 Å². The molecular formula is C14H19IO. The van der Waals surface area contributed by atoms with E-state index in [2.05, 4.69) is 46.9 Å². The molecule has 0 aromatic heterocycles. The molecule has 0 heterocycles. The first-order valence-corrected chi connectivity index (χ1v) is 7.15. The van der Waals surface area contributed by atoms with Crippen molar-refractivity contribution in [3.63, 3.8) is 0 Å². The molecule has 0 saturated heterocycles. The van der Waals surface area contributed by atoms with E-state index in [1.807, 2.05) is 13.0 Å². The summed E-state index contributed by atoms with van der Waals surface area (Å²) in [4.78, 5) is 11.4. The average molecular weight is 330 g/mol. The van der Waals surface area contributed by atoms with Gasteiger partial charge in [-0.3, -0.25) is 4.79 Å². The van der Waals surface area contributed by atoms with Gasteiger partial charge in [0.25, 0.3) is 0 Å². The highest BCUT2D eigenvalue weighted by molar-refractivity contribution is 14.1. The summed E-state index contributed by atoms with van der Waals surface area (Å²) < 4.78 is 0.173. The van der Waals surface area contributed by atoms with E-state index in [9.17, 15) is 4.79 Å². The van der Waals surface area contributed by atoms with Crippen LogP contribution in [0.5, 0.6) is 0 Å². The molecule has 2 heteroatoms. The van der Waals surface area contributed by atoms with Crippen molar-refractivity contribution in [3.8, 4) is 0 Å². The van der Waals surface area contributed by atoms with Crippen molar-refractivity contribution in [1.29, 1.82) is 0 Å². The highest BCUT2D eigenvalue weighted by atomic mass is 127. The summed E-state index contributed by atoms with van der Waals surface area (Å²) in [6.07, 6.45) is 5.27. The summed E-state index contributed by atoms with van der Waals surface area (Å²) >= 11 is 2.19. The van der Waals surface area contributed by atoms with E-state index >= 15 is 0 Å². The van der Waals surface area contributed by atoms with Gasteiger partial charge < -0.3 is 0 Å². The number of Topliss-reactive ketones (excluding diaryl/α,β-unsaturated/α-hetero) is 1. The van der Waals surface area contributed by atoms with Crippen LogP contribution in [0.25, 0.3) is 0 Å². The Kier molecular flexibility index (Phi) is 6.69. The zero-order valence-electron chi connectivity index (χ0n) is 9.79. The second-order valence-electron chi connectivity index (χ2n) is 4.13. The maximum atomic E-state index is 11.4. The number of unbranched alkanes of at least 4 members (excludes halogenated alkanes) is 2. The third-order valence-electron chi connectivity index (χ3n) is 2.68. The van der Waals surface area contributed by atoms with E-state index in [4.69, 9.17) is 0 Å². The summed E-state index contributed by atoms with van der Waals surface area (Å²) in [7, 11) is 0. The van der Waals surface area contributed by atoms with Gasteiger partial charge in [-0.15, -0.1) is 0 Å². The fourth-order valence-corrected chi connectivity index (χ4v) is 1.96. The van der Waals surface area contributed by atoms with Crippen molar-refractivity contribution >= 4 is 28.4 Å². The molecule has 1 aromatic rings. The van der Waals surface area contributed by atoms with Crippen LogP contribution in [0.3, 0.4) is 0 Å². The number of carbonyl (C=O) groups is 1. The number of ketones is 1. The van der Waals surface area contributed by atoms with Crippen LogP contribution in [-0.2, 0) is 11.2 Å². The molecule has 1 aromatic carbocycles. The van der Waals surface area contributed by atoms with Gasteiger partial charge in [0.2, 0.25) is 0 Å². The van der Waals surface area contributed by atoms with Gasteiger partial charge in [-0.1, -0.05) is 59.3 Å². The summed E-state index contributed by atoms with van der Waals surface area (Å²) in [6.45, 7) is 1.97. The predicted octanol–water partition coefficient (Wildman–Crippen LogP) is 4.18. The molecule has 0 bridgehead atoms. The van der Waals surface area contributed by atoms with Crippen LogP contribution in [-0.4, -0.2) is 9.71 Å². The quantitative estimate of drug-likeness (QED) is 0.416. The minimum atomic E-state index is 0.173. The van der Waals surface area contributed by atoms with E-state index in [-0.39, 0.29) is 3.92 Å². The SMILES string of the molecule is CC(I)C(=O)CCCCCc1ccccc1. The summed E-state index contributed by atoms with van der Waals surface area (Å²) in [5.74, 6) is 0.389. The van der Waals surface area contributed by atoms with Crippen molar-refractivity contribution < 1.29 is 4.79 Å². The molecule has 0 N–H and O–H groups in total. The fourth-order valence-electron chi connectivity index (χ4n) is 1.65. The average Bonchev–Trinajstić information content (AvgIpc) is 2.29. The molecular weight excluding hydrogens is 311 g/mol. The zero-order valence-corrected chi connectivity index (χ0v) is 11.9. The van der Waals surface area contributed by atoms with Crippen LogP contribution < -0.4 is 0 Å². The Morgan fingerprint density at radius 3 is 2.50 bits per heavy atom. The third-order valence-corrected chi connectivity index (χ3v) is 3.37. The van der Waals surface area contributed by atoms with Crippen molar-refractivity contribution in [2.75, 3.05) is 0 Å². The number of carbonyl (C=O) groups excluding carboxylic acids is 1. The minimum Gasteiger partial charge on any atom is -0.299 e. The molecule has 0 saturated carbocycles. The minimum absolute atomic E-state index is 0.173. The van der Waals surface area contributed by atoms with Gasteiger partial charge in [0, 0.05) is 6.42 Å². The van der Waals surface area contributed by atoms with Crippen LogP contribution >= 0.6 is 22.6 Å². The number of alkyl halides is 1. The number of hydrogen-bond acceptors (Lipinski definition) is 1. The molecule has 0 aliphatic rings. The van der Waals surface area contributed by atoms with Gasteiger partial charge in [-0.25, -0.2) is 0 Å². The molecule has 1 nitrogen and oxygen atoms in total. The molecule has 0 fully saturated rings. The van der Waals surface area contributed by atoms with Crippen LogP contribution in [0, 0.1) is 0 Å². The van der Waals surface area contributed by atoms with Crippen LogP contribution in [0.2, 0.25) is 0 Å². The molecule has 0 aliphatic heterocycles. The Morgan fingerprint density at radius 2 is 1.88 bits per heavy atom. The first kappa shape index (κ1) is 13.7. The molecule has 1 rings (SSSR count). The van der Waals surface area contributed by atoms with Gasteiger partial charge in [0.1, 0.15) is 5.78 Å². The van der Waals surface area contributed by atoms with Gasteiger partial charge in [0.05, 0.1) is 3.92 Å². The molecule has 16 heavy (non-hydrogen) atoms. The highest BCUT2D eigenvalue weighted by Crippen LogP contribution is 2.10. The fraction of sp³-hybridized carbons (Fsp3) is 0.500. The summed E-state index contributed by atoms with van der Waals surface area (Å²) in [5, 5.41) is 0. The van der Waals surface area contributed by atoms with Gasteiger partial charge in [0.15, 0.2) is 0 Å². The lowest BCUT2D eigenvalue weighted by atomic mass is 10.0. The standard InChI is InChI=1S/C14H19IO/c1-12(15)14(16)11-7-3-6-10-13-8-4-2-5-9-13/h2,4-5,8-9,12H,3,6-7,10-11H2,1H3. The van der Waals surface area contributed by atoms with Crippen molar-refractivity contribution in [2.24, 2.45) is 0 Å². The zero-order chi connectivity index (χ0) is 11.8. The number of hydrogen-bond donors (Lipinski definition) is 0. The van der Waals surface area contributed by atoms with Crippen molar-refractivity contribution in [1.82, 2.24) is 0 Å². The Balaban J connectivity index is 2.07. The molecule has 1 atom stereocenters. The summed E-state index contributed by atoms with van der Waals surface area (Å²) in [5.41, 5.74) is 1.40. The number of halogens is 1. The molecule has 0 amide bonds. The monoisotopic (exact) mass is 330 g/mol. The Morgan fingerprint density at radius 1 is 1.19 bits per heavy atom. The lowest BCUT2D eigenvalue weighted by Gasteiger charge is -2.03. The number of benzene rings is 1. The number of rotatable bonds is 7. The maximum absolute atomic E-state index is 11.4. The number of aryl methyl sites for hydroxylation is 1. The highest BCUT2D eigenvalue weighted by Gasteiger charge is 2.07. The lowest BCUT2D eigenvalue weighted by molar-refractivity contribution is -0.118. The van der Waals surface area contributed by atoms with Crippen LogP contribution in [0.15, 0.2) is 30.3 Å². The van der Waals surface area contributed by atoms with E-state index in [1.54, 1.807) is 0 Å².